The molecular weight excluding hydrogens is 1090 g/mol. The highest BCUT2D eigenvalue weighted by Gasteiger charge is 2.43. The summed E-state index contributed by atoms with van der Waals surface area (Å²) in [6.07, 6.45) is 5.07. The maximum atomic E-state index is 14.6. The summed E-state index contributed by atoms with van der Waals surface area (Å²) in [7, 11) is 3.78. The van der Waals surface area contributed by atoms with Gasteiger partial charge < -0.3 is 67.9 Å². The first-order valence-corrected chi connectivity index (χ1v) is 30.9. The summed E-state index contributed by atoms with van der Waals surface area (Å²) >= 11 is 0. The molecule has 1 aliphatic heterocycles. The molecule has 23 nitrogen and oxygen atoms in total. The Morgan fingerprint density at radius 2 is 1.16 bits per heavy atom. The van der Waals surface area contributed by atoms with E-state index in [-0.39, 0.29) is 79.7 Å². The zero-order chi connectivity index (χ0) is 65.5. The standard InChI is InChI=1S/C62H113N11O12/c1-21-23-24-43(74)31-40(10)32-46(66-55(81)47-33-41(11)34-73(47)49(76)26-25-39(9)22-2)53(79)68-50(51(77)38(7)8)56(82)70-61(15,16)58(84)67-44(29-36(3)4)52(78)65-45(30-37(5)6)54(80)69-62(17,18)59(85)71-60(13,14)57(83)63-28-27-48(75)64-42(12)35-72(19)20/h25-26,36-47,50-51,74,77H,21-24,27-35H2,1-20H3,(H,63,83)(H,64,75)(H,65,78)(H,66,81)(H,67,84)(H,68,79)(H,69,80)(H,70,82)(H,71,85)/b26-25+/t39-,40+,41-,42-,43+,44-,45-,46-,47-,50-,51+/m0/s1. The molecule has 85 heavy (non-hydrogen) atoms. The van der Waals surface area contributed by atoms with E-state index < -0.39 is 112 Å². The van der Waals surface area contributed by atoms with Gasteiger partial charge >= 0.3 is 0 Å². The van der Waals surface area contributed by atoms with Gasteiger partial charge in [0.05, 0.1) is 12.2 Å². The number of unbranched alkanes of at least 4 members (excludes halogenated alkanes) is 1. The topological polar surface area (TPSA) is 326 Å². The monoisotopic (exact) mass is 1200 g/mol. The number of nitrogens with zero attached hydrogens (tertiary/aromatic N) is 2. The molecule has 1 heterocycles. The predicted octanol–water partition coefficient (Wildman–Crippen LogP) is 3.10. The molecule has 0 aliphatic carbocycles. The van der Waals surface area contributed by atoms with Crippen LogP contribution in [-0.4, -0.2) is 178 Å². The molecule has 488 valence electrons. The summed E-state index contributed by atoms with van der Waals surface area (Å²) in [6, 6.07) is -6.38. The molecule has 1 aliphatic rings. The second-order valence-electron chi connectivity index (χ2n) is 27.1. The van der Waals surface area contributed by atoms with Gasteiger partial charge in [-0.2, -0.15) is 0 Å². The first kappa shape index (κ1) is 77.3. The maximum absolute atomic E-state index is 14.6. The third kappa shape index (κ3) is 27.7. The maximum Gasteiger partial charge on any atom is 0.246 e. The third-order valence-corrected chi connectivity index (χ3v) is 15.1. The Kier molecular flexibility index (Phi) is 32.6. The van der Waals surface area contributed by atoms with Crippen molar-refractivity contribution in [2.75, 3.05) is 33.7 Å². The van der Waals surface area contributed by atoms with Crippen molar-refractivity contribution in [1.29, 1.82) is 0 Å². The highest BCUT2D eigenvalue weighted by atomic mass is 16.3. The molecule has 1 fully saturated rings. The number of aliphatic hydroxyl groups is 2. The first-order chi connectivity index (χ1) is 39.2. The molecule has 0 bridgehead atoms. The Hall–Kier alpha value is -5.68. The van der Waals surface area contributed by atoms with Gasteiger partial charge in [-0.15, -0.1) is 0 Å². The Morgan fingerprint density at radius 3 is 1.71 bits per heavy atom. The number of allylic oxidation sites excluding steroid dienone is 1. The van der Waals surface area contributed by atoms with Gasteiger partial charge in [0.15, 0.2) is 0 Å². The Balaban J connectivity index is 3.41. The quantitative estimate of drug-likeness (QED) is 0.0399. The number of hydrogen-bond acceptors (Lipinski definition) is 13. The predicted molar refractivity (Wildman–Crippen MR) is 330 cm³/mol. The number of aliphatic hydroxyl groups excluding tert-OH is 2. The minimum atomic E-state index is -1.79. The first-order valence-electron chi connectivity index (χ1n) is 30.9. The second kappa shape index (κ2) is 35.8. The van der Waals surface area contributed by atoms with E-state index in [1.54, 1.807) is 19.9 Å². The van der Waals surface area contributed by atoms with Crippen LogP contribution in [0.1, 0.15) is 189 Å². The van der Waals surface area contributed by atoms with Gasteiger partial charge in [-0.3, -0.25) is 47.9 Å². The highest BCUT2D eigenvalue weighted by Crippen LogP contribution is 2.25. The van der Waals surface area contributed by atoms with Crippen molar-refractivity contribution in [2.24, 2.45) is 35.5 Å². The number of nitrogens with one attached hydrogen (secondary N) is 9. The Morgan fingerprint density at radius 1 is 0.635 bits per heavy atom. The van der Waals surface area contributed by atoms with Gasteiger partial charge in [-0.1, -0.05) is 101 Å². The van der Waals surface area contributed by atoms with Crippen molar-refractivity contribution in [3.8, 4) is 0 Å². The average molecular weight is 1200 g/mol. The van der Waals surface area contributed by atoms with Crippen LogP contribution in [0.5, 0.6) is 0 Å². The van der Waals surface area contributed by atoms with Crippen LogP contribution < -0.4 is 47.9 Å². The number of likely N-dealkylation sites (N-methyl/N-ethyl adjacent to an activating group) is 1. The van der Waals surface area contributed by atoms with E-state index in [1.807, 2.05) is 88.2 Å². The summed E-state index contributed by atoms with van der Waals surface area (Å²) in [6.45, 7) is 31.8. The molecular formula is C62H113N11O12. The molecule has 1 rings (SSSR count). The van der Waals surface area contributed by atoms with Crippen LogP contribution in [0.4, 0.5) is 0 Å². The fraction of sp³-hybridized carbons (Fsp3) is 0.806. The summed E-state index contributed by atoms with van der Waals surface area (Å²) in [5.41, 5.74) is -4.88. The molecule has 11 atom stereocenters. The van der Waals surface area contributed by atoms with Gasteiger partial charge in [0.1, 0.15) is 46.8 Å². The van der Waals surface area contributed by atoms with E-state index in [2.05, 4.69) is 47.9 Å². The van der Waals surface area contributed by atoms with Crippen molar-refractivity contribution in [1.82, 2.24) is 57.7 Å². The SMILES string of the molecule is CCCC[C@@H](O)C[C@@H](C)C[C@H](NC(=O)[C@@H]1C[C@H](C)CN1C(=O)/C=C/[C@@H](C)CC)C(=O)N[C@H](C(=O)NC(C)(C)C(=O)N[C@@H](CC(C)C)C(=O)N[C@@H](CC(C)C)C(=O)NC(C)(C)C(=O)NC(C)(C)C(=O)NCCC(=O)N[C@@H](C)CN(C)C)[C@H](O)C(C)C. The lowest BCUT2D eigenvalue weighted by Crippen LogP contribution is -2.66. The van der Waals surface area contributed by atoms with E-state index in [9.17, 15) is 58.2 Å². The Labute approximate surface area is 508 Å². The molecule has 0 aromatic carbocycles. The number of likely N-dealkylation sites (tertiary alicyclic amines) is 1. The van der Waals surface area contributed by atoms with Crippen molar-refractivity contribution in [2.45, 2.75) is 254 Å². The van der Waals surface area contributed by atoms with Crippen molar-refractivity contribution in [3.05, 3.63) is 12.2 Å². The molecule has 10 amide bonds. The number of carbonyl (C=O) groups excluding carboxylic acids is 10. The van der Waals surface area contributed by atoms with Crippen molar-refractivity contribution in [3.63, 3.8) is 0 Å². The molecule has 11 N–H and O–H groups in total. The van der Waals surface area contributed by atoms with Crippen LogP contribution in [-0.2, 0) is 47.9 Å². The number of carbonyl (C=O) groups is 10. The number of rotatable bonds is 37. The van der Waals surface area contributed by atoms with Gasteiger partial charge in [-0.25, -0.2) is 0 Å². The van der Waals surface area contributed by atoms with Crippen LogP contribution in [0.3, 0.4) is 0 Å². The van der Waals surface area contributed by atoms with E-state index in [1.165, 1.54) is 52.5 Å². The van der Waals surface area contributed by atoms with Crippen LogP contribution in [0.25, 0.3) is 0 Å². The van der Waals surface area contributed by atoms with Crippen LogP contribution in [0, 0.1) is 35.5 Å². The Bertz CT molecular complexity index is 2250. The molecule has 0 aromatic rings. The average Bonchev–Trinajstić information content (AvgIpc) is 4.02. The van der Waals surface area contributed by atoms with Crippen LogP contribution >= 0.6 is 0 Å². The lowest BCUT2D eigenvalue weighted by molar-refractivity contribution is -0.140. The van der Waals surface area contributed by atoms with Gasteiger partial charge in [-0.05, 0) is 143 Å². The normalized spacial score (nSPS) is 18.1. The van der Waals surface area contributed by atoms with Gasteiger partial charge in [0, 0.05) is 32.1 Å². The fourth-order valence-corrected chi connectivity index (χ4v) is 9.84. The van der Waals surface area contributed by atoms with E-state index >= 15 is 0 Å². The smallest absolute Gasteiger partial charge is 0.246 e. The minimum absolute atomic E-state index is 0.0144. The lowest BCUT2D eigenvalue weighted by atomic mass is 9.92. The van der Waals surface area contributed by atoms with Crippen molar-refractivity contribution < 1.29 is 58.2 Å². The highest BCUT2D eigenvalue weighted by molar-refractivity contribution is 6.00. The molecule has 0 radical (unpaired) electrons. The minimum Gasteiger partial charge on any atom is -0.393 e. The number of hydrogen-bond donors (Lipinski definition) is 11. The largest absolute Gasteiger partial charge is 0.393 e. The van der Waals surface area contributed by atoms with Crippen molar-refractivity contribution >= 4 is 59.1 Å². The summed E-state index contributed by atoms with van der Waals surface area (Å²) in [5, 5.41) is 47.0. The molecule has 0 spiro atoms. The molecule has 0 saturated carbocycles. The molecule has 1 saturated heterocycles. The summed E-state index contributed by atoms with van der Waals surface area (Å²) in [4.78, 5) is 142. The molecule has 0 aromatic heterocycles. The zero-order valence-corrected chi connectivity index (χ0v) is 55.3. The lowest BCUT2D eigenvalue weighted by Gasteiger charge is -2.34. The second-order valence-corrected chi connectivity index (χ2v) is 27.1. The molecule has 23 heteroatoms. The van der Waals surface area contributed by atoms with E-state index in [0.717, 1.165) is 19.3 Å². The summed E-state index contributed by atoms with van der Waals surface area (Å²) in [5.74, 6) is -7.54. The number of amides is 10. The molecule has 0 unspecified atom stereocenters. The zero-order valence-electron chi connectivity index (χ0n) is 55.3. The summed E-state index contributed by atoms with van der Waals surface area (Å²) < 4.78 is 0. The van der Waals surface area contributed by atoms with Crippen LogP contribution in [0.15, 0.2) is 12.2 Å². The van der Waals surface area contributed by atoms with Crippen LogP contribution in [0.2, 0.25) is 0 Å². The van der Waals surface area contributed by atoms with E-state index in [0.29, 0.717) is 32.4 Å². The third-order valence-electron chi connectivity index (χ3n) is 15.1. The van der Waals surface area contributed by atoms with E-state index in [4.69, 9.17) is 0 Å². The van der Waals surface area contributed by atoms with Gasteiger partial charge in [0.2, 0.25) is 59.1 Å². The van der Waals surface area contributed by atoms with Gasteiger partial charge in [0.25, 0.3) is 0 Å². The fourth-order valence-electron chi connectivity index (χ4n) is 9.84.